The predicted molar refractivity (Wildman–Crippen MR) is 75.4 cm³/mol. The van der Waals surface area contributed by atoms with Crippen molar-refractivity contribution >= 4 is 11.9 Å². The molecule has 106 valence electrons. The molecule has 1 aliphatic heterocycles. The minimum absolute atomic E-state index is 0.0880. The Labute approximate surface area is 114 Å². The summed E-state index contributed by atoms with van der Waals surface area (Å²) in [5, 5.41) is 6.19. The molecule has 0 saturated heterocycles. The van der Waals surface area contributed by atoms with Crippen molar-refractivity contribution in [1.82, 2.24) is 19.8 Å². The zero-order chi connectivity index (χ0) is 13.8. The molecule has 0 aliphatic carbocycles. The number of rotatable bonds is 5. The summed E-state index contributed by atoms with van der Waals surface area (Å²) >= 11 is 0. The highest BCUT2D eigenvalue weighted by molar-refractivity contribution is 5.92. The Morgan fingerprint density at radius 2 is 2.42 bits per heavy atom. The van der Waals surface area contributed by atoms with Crippen molar-refractivity contribution in [2.24, 2.45) is 0 Å². The Bertz CT molecular complexity index is 417. The molecule has 0 aromatic carbocycles. The predicted octanol–water partition coefficient (Wildman–Crippen LogP) is 0.769. The van der Waals surface area contributed by atoms with Gasteiger partial charge in [-0.2, -0.15) is 0 Å². The molecular weight excluding hydrogens is 242 g/mol. The van der Waals surface area contributed by atoms with Gasteiger partial charge in [0.15, 0.2) is 0 Å². The molecule has 1 amide bonds. The summed E-state index contributed by atoms with van der Waals surface area (Å²) in [6, 6.07) is 0.154. The van der Waals surface area contributed by atoms with E-state index in [2.05, 4.69) is 20.5 Å². The van der Waals surface area contributed by atoms with E-state index in [1.165, 1.54) is 0 Å². The minimum atomic E-state index is -0.0880. The fraction of sp³-hybridized carbons (Fsp3) is 0.692. The van der Waals surface area contributed by atoms with Crippen LogP contribution in [0.5, 0.6) is 0 Å². The molecule has 1 aromatic rings. The van der Waals surface area contributed by atoms with Crippen LogP contribution in [0.1, 0.15) is 30.3 Å². The molecule has 2 rings (SSSR count). The Balaban J connectivity index is 1.90. The third-order valence-corrected chi connectivity index (χ3v) is 3.25. The largest absolute Gasteiger partial charge is 0.356 e. The lowest BCUT2D eigenvalue weighted by Gasteiger charge is -2.15. The molecule has 6 heteroatoms. The first kappa shape index (κ1) is 13.9. The summed E-state index contributed by atoms with van der Waals surface area (Å²) in [6.45, 7) is 4.84. The van der Waals surface area contributed by atoms with Gasteiger partial charge < -0.3 is 20.1 Å². The van der Waals surface area contributed by atoms with Crippen molar-refractivity contribution in [3.63, 3.8) is 0 Å². The van der Waals surface area contributed by atoms with Crippen LogP contribution in [0.3, 0.4) is 0 Å². The van der Waals surface area contributed by atoms with E-state index in [0.717, 1.165) is 38.4 Å². The number of fused-ring (bicyclic) bond motifs is 1. The number of aryl methyl sites for hydroxylation is 1. The van der Waals surface area contributed by atoms with Gasteiger partial charge in [-0.25, -0.2) is 4.98 Å². The summed E-state index contributed by atoms with van der Waals surface area (Å²) in [7, 11) is 4.06. The Hall–Kier alpha value is -1.56. The molecule has 19 heavy (non-hydrogen) atoms. The van der Waals surface area contributed by atoms with Crippen LogP contribution in [-0.2, 0) is 6.54 Å². The molecule has 6 nitrogen and oxygen atoms in total. The van der Waals surface area contributed by atoms with Crippen LogP contribution in [0.15, 0.2) is 6.20 Å². The van der Waals surface area contributed by atoms with E-state index >= 15 is 0 Å². The highest BCUT2D eigenvalue weighted by atomic mass is 16.2. The van der Waals surface area contributed by atoms with Gasteiger partial charge in [0, 0.05) is 25.3 Å². The average molecular weight is 265 g/mol. The lowest BCUT2D eigenvalue weighted by Crippen LogP contribution is -2.35. The van der Waals surface area contributed by atoms with Crippen molar-refractivity contribution in [3.8, 4) is 0 Å². The maximum atomic E-state index is 12.1. The standard InChI is InChI=1S/C13H23N5O/c1-10(5-8-17(2)3)15-12(19)11-9-18-7-4-6-14-13(18)16-11/h9-10H,4-8H2,1-3H3,(H,14,16)(H,15,19). The van der Waals surface area contributed by atoms with E-state index in [1.54, 1.807) is 0 Å². The van der Waals surface area contributed by atoms with Crippen molar-refractivity contribution in [2.75, 3.05) is 32.5 Å². The summed E-state index contributed by atoms with van der Waals surface area (Å²) in [4.78, 5) is 18.5. The normalized spacial score (nSPS) is 15.8. The van der Waals surface area contributed by atoms with Gasteiger partial charge >= 0.3 is 0 Å². The number of carbonyl (C=O) groups is 1. The first-order chi connectivity index (χ1) is 9.06. The topological polar surface area (TPSA) is 62.2 Å². The molecule has 0 saturated carbocycles. The van der Waals surface area contributed by atoms with Crippen molar-refractivity contribution in [1.29, 1.82) is 0 Å². The lowest BCUT2D eigenvalue weighted by atomic mass is 10.2. The van der Waals surface area contributed by atoms with E-state index in [-0.39, 0.29) is 11.9 Å². The molecule has 0 bridgehead atoms. The van der Waals surface area contributed by atoms with E-state index < -0.39 is 0 Å². The maximum Gasteiger partial charge on any atom is 0.271 e. The SMILES string of the molecule is CC(CCN(C)C)NC(=O)c1cn2c(n1)NCCC2. The van der Waals surface area contributed by atoms with Gasteiger partial charge in [-0.05, 0) is 40.4 Å². The number of amides is 1. The lowest BCUT2D eigenvalue weighted by molar-refractivity contribution is 0.0932. The number of imidazole rings is 1. The molecule has 0 fully saturated rings. The van der Waals surface area contributed by atoms with E-state index in [1.807, 2.05) is 31.8 Å². The summed E-state index contributed by atoms with van der Waals surface area (Å²) in [5.41, 5.74) is 0.501. The van der Waals surface area contributed by atoms with Crippen LogP contribution >= 0.6 is 0 Å². The van der Waals surface area contributed by atoms with Gasteiger partial charge in [-0.15, -0.1) is 0 Å². The molecule has 2 N–H and O–H groups in total. The molecule has 1 atom stereocenters. The van der Waals surface area contributed by atoms with Gasteiger partial charge in [0.25, 0.3) is 5.91 Å². The van der Waals surface area contributed by atoms with Crippen LogP contribution < -0.4 is 10.6 Å². The quantitative estimate of drug-likeness (QED) is 0.825. The van der Waals surface area contributed by atoms with Gasteiger partial charge in [-0.3, -0.25) is 4.79 Å². The Kier molecular flexibility index (Phi) is 4.42. The first-order valence-corrected chi connectivity index (χ1v) is 6.83. The average Bonchev–Trinajstić information content (AvgIpc) is 2.80. The molecule has 1 aliphatic rings. The van der Waals surface area contributed by atoms with Crippen LogP contribution in [0.25, 0.3) is 0 Å². The summed E-state index contributed by atoms with van der Waals surface area (Å²) in [5.74, 6) is 0.715. The number of nitrogens with zero attached hydrogens (tertiary/aromatic N) is 3. The molecule has 0 radical (unpaired) electrons. The zero-order valence-corrected chi connectivity index (χ0v) is 11.9. The summed E-state index contributed by atoms with van der Waals surface area (Å²) in [6.07, 6.45) is 3.84. The number of nitrogens with one attached hydrogen (secondary N) is 2. The van der Waals surface area contributed by atoms with E-state index in [4.69, 9.17) is 0 Å². The number of hydrogen-bond acceptors (Lipinski definition) is 4. The third-order valence-electron chi connectivity index (χ3n) is 3.25. The van der Waals surface area contributed by atoms with Gasteiger partial charge in [-0.1, -0.05) is 0 Å². The summed E-state index contributed by atoms with van der Waals surface area (Å²) < 4.78 is 2.00. The fourth-order valence-corrected chi connectivity index (χ4v) is 2.11. The van der Waals surface area contributed by atoms with Gasteiger partial charge in [0.2, 0.25) is 5.95 Å². The van der Waals surface area contributed by atoms with Crippen molar-refractivity contribution in [3.05, 3.63) is 11.9 Å². The monoisotopic (exact) mass is 265 g/mol. The smallest absolute Gasteiger partial charge is 0.271 e. The number of anilines is 1. The first-order valence-electron chi connectivity index (χ1n) is 6.83. The van der Waals surface area contributed by atoms with Crippen LogP contribution in [0.2, 0.25) is 0 Å². The second kappa shape index (κ2) is 6.06. The maximum absolute atomic E-state index is 12.1. The van der Waals surface area contributed by atoms with Crippen LogP contribution in [0.4, 0.5) is 5.95 Å². The van der Waals surface area contributed by atoms with Gasteiger partial charge in [0.05, 0.1) is 0 Å². The van der Waals surface area contributed by atoms with Crippen LogP contribution in [-0.4, -0.2) is 53.6 Å². The van der Waals surface area contributed by atoms with E-state index in [9.17, 15) is 4.79 Å². The number of hydrogen-bond donors (Lipinski definition) is 2. The molecular formula is C13H23N5O. The molecule has 2 heterocycles. The highest BCUT2D eigenvalue weighted by Crippen LogP contribution is 2.14. The second-order valence-corrected chi connectivity index (χ2v) is 5.39. The van der Waals surface area contributed by atoms with Crippen LogP contribution in [0, 0.1) is 0 Å². The zero-order valence-electron chi connectivity index (χ0n) is 11.9. The van der Waals surface area contributed by atoms with E-state index in [0.29, 0.717) is 5.69 Å². The van der Waals surface area contributed by atoms with Crippen molar-refractivity contribution in [2.45, 2.75) is 32.4 Å². The number of carbonyl (C=O) groups excluding carboxylic acids is 1. The third kappa shape index (κ3) is 3.70. The Morgan fingerprint density at radius 3 is 3.11 bits per heavy atom. The van der Waals surface area contributed by atoms with Gasteiger partial charge in [0.1, 0.15) is 5.69 Å². The molecule has 0 spiro atoms. The molecule has 1 aromatic heterocycles. The molecule has 1 unspecified atom stereocenters. The van der Waals surface area contributed by atoms with Crippen molar-refractivity contribution < 1.29 is 4.79 Å². The Morgan fingerprint density at radius 1 is 1.63 bits per heavy atom. The highest BCUT2D eigenvalue weighted by Gasteiger charge is 2.17. The second-order valence-electron chi connectivity index (χ2n) is 5.39. The minimum Gasteiger partial charge on any atom is -0.356 e. The number of aromatic nitrogens is 2. The fourth-order valence-electron chi connectivity index (χ4n) is 2.11.